The highest BCUT2D eigenvalue weighted by Crippen LogP contribution is 2.18. The summed E-state index contributed by atoms with van der Waals surface area (Å²) >= 11 is 0. The molecule has 8 heteroatoms. The number of carbonyl (C=O) groups excluding carboxylic acids is 3. The average Bonchev–Trinajstić information content (AvgIpc) is 2.70. The lowest BCUT2D eigenvalue weighted by molar-refractivity contribution is -0.140. The first-order valence-corrected chi connectivity index (χ1v) is 8.95. The number of nitrogens with one attached hydrogen (secondary N) is 2. The van der Waals surface area contributed by atoms with Crippen LogP contribution in [-0.2, 0) is 19.1 Å². The third-order valence-corrected chi connectivity index (χ3v) is 4.01. The summed E-state index contributed by atoms with van der Waals surface area (Å²) < 4.78 is 15.4. The Bertz CT molecular complexity index is 800. The van der Waals surface area contributed by atoms with Crippen molar-refractivity contribution in [3.05, 3.63) is 47.2 Å². The monoisotopic (exact) mass is 388 g/mol. The van der Waals surface area contributed by atoms with Crippen molar-refractivity contribution in [1.82, 2.24) is 10.6 Å². The molecule has 0 aliphatic carbocycles. The zero-order valence-electron chi connectivity index (χ0n) is 16.1. The number of amides is 2. The first-order chi connectivity index (χ1) is 13.5. The van der Waals surface area contributed by atoms with E-state index in [9.17, 15) is 14.4 Å². The van der Waals surface area contributed by atoms with Crippen LogP contribution in [0.15, 0.2) is 41.6 Å². The van der Waals surface area contributed by atoms with E-state index in [4.69, 9.17) is 14.2 Å². The SMILES string of the molecule is CCOC(=O)C1=C(COC(=O)/C=C/c2cccc(OC)c2)NC(=O)N[C@@H]1CC. The van der Waals surface area contributed by atoms with Gasteiger partial charge in [0.2, 0.25) is 0 Å². The number of ether oxygens (including phenoxy) is 3. The molecule has 8 nitrogen and oxygen atoms in total. The highest BCUT2D eigenvalue weighted by molar-refractivity contribution is 5.95. The van der Waals surface area contributed by atoms with E-state index >= 15 is 0 Å². The van der Waals surface area contributed by atoms with Gasteiger partial charge in [0.1, 0.15) is 12.4 Å². The van der Waals surface area contributed by atoms with Crippen LogP contribution < -0.4 is 15.4 Å². The fourth-order valence-corrected chi connectivity index (χ4v) is 2.68. The Kier molecular flexibility index (Phi) is 7.62. The number of benzene rings is 1. The van der Waals surface area contributed by atoms with Crippen LogP contribution in [0.2, 0.25) is 0 Å². The van der Waals surface area contributed by atoms with Gasteiger partial charge in [0, 0.05) is 6.08 Å². The maximum Gasteiger partial charge on any atom is 0.338 e. The normalized spacial score (nSPS) is 16.4. The summed E-state index contributed by atoms with van der Waals surface area (Å²) in [5.74, 6) is -0.498. The van der Waals surface area contributed by atoms with E-state index in [2.05, 4.69) is 10.6 Å². The molecule has 0 bridgehead atoms. The quantitative estimate of drug-likeness (QED) is 0.523. The van der Waals surface area contributed by atoms with Crippen LogP contribution in [0, 0.1) is 0 Å². The van der Waals surface area contributed by atoms with Crippen LogP contribution in [0.3, 0.4) is 0 Å². The molecule has 2 N–H and O–H groups in total. The van der Waals surface area contributed by atoms with Crippen molar-refractivity contribution in [2.24, 2.45) is 0 Å². The molecular formula is C20H24N2O6. The molecule has 1 heterocycles. The van der Waals surface area contributed by atoms with E-state index in [0.29, 0.717) is 12.2 Å². The van der Waals surface area contributed by atoms with Gasteiger partial charge in [-0.15, -0.1) is 0 Å². The van der Waals surface area contributed by atoms with E-state index in [-0.39, 0.29) is 24.5 Å². The Morgan fingerprint density at radius 2 is 2.00 bits per heavy atom. The summed E-state index contributed by atoms with van der Waals surface area (Å²) in [5.41, 5.74) is 1.25. The second kappa shape index (κ2) is 10.1. The van der Waals surface area contributed by atoms with Crippen molar-refractivity contribution in [2.45, 2.75) is 26.3 Å². The molecule has 0 aromatic heterocycles. The smallest absolute Gasteiger partial charge is 0.338 e. The molecule has 2 rings (SSSR count). The number of carbonyl (C=O) groups is 3. The average molecular weight is 388 g/mol. The number of esters is 2. The van der Waals surface area contributed by atoms with Crippen LogP contribution in [-0.4, -0.2) is 44.3 Å². The Balaban J connectivity index is 2.09. The van der Waals surface area contributed by atoms with Crippen molar-refractivity contribution in [2.75, 3.05) is 20.3 Å². The van der Waals surface area contributed by atoms with E-state index in [1.165, 1.54) is 6.08 Å². The van der Waals surface area contributed by atoms with Gasteiger partial charge in [-0.25, -0.2) is 14.4 Å². The Labute approximate surface area is 163 Å². The zero-order chi connectivity index (χ0) is 20.5. The van der Waals surface area contributed by atoms with Crippen molar-refractivity contribution < 1.29 is 28.6 Å². The van der Waals surface area contributed by atoms with Crippen molar-refractivity contribution in [3.8, 4) is 5.75 Å². The van der Waals surface area contributed by atoms with Gasteiger partial charge in [-0.3, -0.25) is 0 Å². The number of hydrogen-bond acceptors (Lipinski definition) is 6. The fourth-order valence-electron chi connectivity index (χ4n) is 2.68. The maximum absolute atomic E-state index is 12.3. The first kappa shape index (κ1) is 21.0. The highest BCUT2D eigenvalue weighted by Gasteiger charge is 2.31. The van der Waals surface area contributed by atoms with Crippen molar-refractivity contribution in [3.63, 3.8) is 0 Å². The lowest BCUT2D eigenvalue weighted by Crippen LogP contribution is -2.51. The Morgan fingerprint density at radius 1 is 1.21 bits per heavy atom. The molecule has 1 aromatic rings. The third kappa shape index (κ3) is 5.60. The van der Waals surface area contributed by atoms with E-state index in [1.807, 2.05) is 13.0 Å². The molecule has 28 heavy (non-hydrogen) atoms. The van der Waals surface area contributed by atoms with Crippen LogP contribution in [0.1, 0.15) is 25.8 Å². The van der Waals surface area contributed by atoms with Gasteiger partial charge in [0.05, 0.1) is 31.0 Å². The molecule has 0 saturated carbocycles. The van der Waals surface area contributed by atoms with Gasteiger partial charge in [0.15, 0.2) is 0 Å². The predicted molar refractivity (Wildman–Crippen MR) is 102 cm³/mol. The maximum atomic E-state index is 12.3. The summed E-state index contributed by atoms with van der Waals surface area (Å²) in [5, 5.41) is 5.18. The summed E-state index contributed by atoms with van der Waals surface area (Å²) in [6.45, 7) is 3.47. The zero-order valence-corrected chi connectivity index (χ0v) is 16.1. The first-order valence-electron chi connectivity index (χ1n) is 8.95. The molecule has 0 spiro atoms. The fraction of sp³-hybridized carbons (Fsp3) is 0.350. The minimum atomic E-state index is -0.612. The van der Waals surface area contributed by atoms with Crippen LogP contribution in [0.25, 0.3) is 6.08 Å². The number of urea groups is 1. The third-order valence-electron chi connectivity index (χ3n) is 4.01. The second-order valence-electron chi connectivity index (χ2n) is 5.89. The summed E-state index contributed by atoms with van der Waals surface area (Å²) in [4.78, 5) is 36.1. The standard InChI is InChI=1S/C20H24N2O6/c1-4-15-18(19(24)27-5-2)16(22-20(25)21-15)12-28-17(23)10-9-13-7-6-8-14(11-13)26-3/h6-11,15H,4-5,12H2,1-3H3,(H2,21,22,25)/b10-9+/t15-/m1/s1. The van der Waals surface area contributed by atoms with E-state index in [1.54, 1.807) is 38.3 Å². The lowest BCUT2D eigenvalue weighted by Gasteiger charge is -2.28. The lowest BCUT2D eigenvalue weighted by atomic mass is 10.0. The molecule has 0 unspecified atom stereocenters. The van der Waals surface area contributed by atoms with E-state index < -0.39 is 24.0 Å². The van der Waals surface area contributed by atoms with Crippen LogP contribution in [0.4, 0.5) is 4.79 Å². The summed E-state index contributed by atoms with van der Waals surface area (Å²) in [6, 6.07) is 6.21. The summed E-state index contributed by atoms with van der Waals surface area (Å²) in [7, 11) is 1.56. The van der Waals surface area contributed by atoms with Gasteiger partial charge in [0.25, 0.3) is 0 Å². The van der Waals surface area contributed by atoms with E-state index in [0.717, 1.165) is 5.56 Å². The van der Waals surface area contributed by atoms with Gasteiger partial charge in [-0.1, -0.05) is 19.1 Å². The Hall–Kier alpha value is -3.29. The predicted octanol–water partition coefficient (Wildman–Crippen LogP) is 2.16. The highest BCUT2D eigenvalue weighted by atomic mass is 16.5. The number of rotatable bonds is 8. The van der Waals surface area contributed by atoms with Gasteiger partial charge < -0.3 is 24.8 Å². The molecule has 1 aliphatic heterocycles. The molecule has 2 amide bonds. The molecule has 0 radical (unpaired) electrons. The van der Waals surface area contributed by atoms with Crippen LogP contribution >= 0.6 is 0 Å². The second-order valence-corrected chi connectivity index (χ2v) is 5.89. The number of methoxy groups -OCH3 is 1. The Morgan fingerprint density at radius 3 is 2.68 bits per heavy atom. The molecule has 1 aromatic carbocycles. The molecule has 0 fully saturated rings. The minimum absolute atomic E-state index is 0.197. The topological polar surface area (TPSA) is 103 Å². The van der Waals surface area contributed by atoms with Gasteiger partial charge in [-0.05, 0) is 37.1 Å². The molecular weight excluding hydrogens is 364 g/mol. The van der Waals surface area contributed by atoms with Crippen molar-refractivity contribution in [1.29, 1.82) is 0 Å². The molecule has 0 saturated heterocycles. The van der Waals surface area contributed by atoms with Gasteiger partial charge in [-0.2, -0.15) is 0 Å². The van der Waals surface area contributed by atoms with Gasteiger partial charge >= 0.3 is 18.0 Å². The largest absolute Gasteiger partial charge is 0.497 e. The molecule has 1 aliphatic rings. The van der Waals surface area contributed by atoms with Crippen molar-refractivity contribution >= 4 is 24.0 Å². The van der Waals surface area contributed by atoms with Crippen LogP contribution in [0.5, 0.6) is 5.75 Å². The molecule has 1 atom stereocenters. The molecule has 150 valence electrons. The minimum Gasteiger partial charge on any atom is -0.497 e. The summed E-state index contributed by atoms with van der Waals surface area (Å²) in [6.07, 6.45) is 3.34. The number of hydrogen-bond donors (Lipinski definition) is 2.